The fourth-order valence-electron chi connectivity index (χ4n) is 0.909. The molecule has 14 heavy (non-hydrogen) atoms. The van der Waals surface area contributed by atoms with Gasteiger partial charge in [0.05, 0.1) is 24.5 Å². The molecule has 0 amide bonds. The van der Waals surface area contributed by atoms with Crippen LogP contribution in [0.2, 0.25) is 0 Å². The normalized spacial score (nSPS) is 9.93. The minimum absolute atomic E-state index is 0.124. The molecule has 1 aromatic heterocycles. The van der Waals surface area contributed by atoms with Crippen molar-refractivity contribution in [1.82, 2.24) is 4.98 Å². The first-order valence-electron chi connectivity index (χ1n) is 4.11. The van der Waals surface area contributed by atoms with E-state index in [4.69, 9.17) is 9.84 Å². The largest absolute Gasteiger partial charge is 0.462 e. The highest BCUT2D eigenvalue weighted by Crippen LogP contribution is 2.12. The Morgan fingerprint density at radius 3 is 2.93 bits per heavy atom. The minimum Gasteiger partial charge on any atom is -0.462 e. The van der Waals surface area contributed by atoms with Gasteiger partial charge in [-0.25, -0.2) is 4.79 Å². The van der Waals surface area contributed by atoms with E-state index in [2.05, 4.69) is 4.98 Å². The van der Waals surface area contributed by atoms with Crippen molar-refractivity contribution in [3.8, 4) is 0 Å². The highest BCUT2D eigenvalue weighted by Gasteiger charge is 2.09. The van der Waals surface area contributed by atoms with Gasteiger partial charge in [-0.2, -0.15) is 0 Å². The van der Waals surface area contributed by atoms with Crippen LogP contribution in [0.15, 0.2) is 12.3 Å². The van der Waals surface area contributed by atoms with Crippen LogP contribution in [0.1, 0.15) is 23.0 Å². The number of hydrogen-bond donors (Lipinski definition) is 1. The molecule has 0 atom stereocenters. The van der Waals surface area contributed by atoms with Gasteiger partial charge in [0.25, 0.3) is 0 Å². The molecule has 0 saturated carbocycles. The van der Waals surface area contributed by atoms with Crippen LogP contribution >= 0.6 is 22.6 Å². The predicted octanol–water partition coefficient (Wildman–Crippen LogP) is 1.36. The van der Waals surface area contributed by atoms with Gasteiger partial charge in [0.2, 0.25) is 0 Å². The molecule has 1 N–H and O–H groups in total. The number of aromatic nitrogens is 1. The Labute approximate surface area is 95.4 Å². The van der Waals surface area contributed by atoms with E-state index in [1.54, 1.807) is 13.0 Å². The highest BCUT2D eigenvalue weighted by molar-refractivity contribution is 14.1. The van der Waals surface area contributed by atoms with Crippen molar-refractivity contribution in [3.05, 3.63) is 27.1 Å². The summed E-state index contributed by atoms with van der Waals surface area (Å²) in [6.07, 6.45) is 1.41. The smallest absolute Gasteiger partial charge is 0.339 e. The second kappa shape index (κ2) is 5.26. The molecule has 0 fully saturated rings. The summed E-state index contributed by atoms with van der Waals surface area (Å²) >= 11 is 2.02. The number of carbonyl (C=O) groups excluding carboxylic acids is 1. The maximum atomic E-state index is 11.3. The summed E-state index contributed by atoms with van der Waals surface area (Å²) in [4.78, 5) is 15.2. The lowest BCUT2D eigenvalue weighted by Crippen LogP contribution is -2.06. The standard InChI is InChI=1S/C9H10INO3/c1-2-14-9(13)6-3-7(10)8(5-12)11-4-6/h3-4,12H,2,5H2,1H3. The first-order valence-corrected chi connectivity index (χ1v) is 5.19. The number of pyridine rings is 1. The van der Waals surface area contributed by atoms with Crippen LogP contribution in [0, 0.1) is 3.57 Å². The number of aliphatic hydroxyl groups excluding tert-OH is 1. The van der Waals surface area contributed by atoms with E-state index in [0.29, 0.717) is 17.9 Å². The lowest BCUT2D eigenvalue weighted by atomic mass is 10.2. The van der Waals surface area contributed by atoms with Gasteiger partial charge in [-0.1, -0.05) is 0 Å². The summed E-state index contributed by atoms with van der Waals surface area (Å²) in [5, 5.41) is 8.87. The Bertz CT molecular complexity index is 341. The molecule has 76 valence electrons. The SMILES string of the molecule is CCOC(=O)c1cnc(CO)c(I)c1. The van der Waals surface area contributed by atoms with Gasteiger partial charge in [-0.15, -0.1) is 0 Å². The van der Waals surface area contributed by atoms with Gasteiger partial charge in [0.15, 0.2) is 0 Å². The predicted molar refractivity (Wildman–Crippen MR) is 58.8 cm³/mol. The van der Waals surface area contributed by atoms with Crippen LogP contribution in [0.5, 0.6) is 0 Å². The van der Waals surface area contributed by atoms with E-state index in [0.717, 1.165) is 3.57 Å². The molecule has 0 aliphatic heterocycles. The quantitative estimate of drug-likeness (QED) is 0.676. The zero-order chi connectivity index (χ0) is 10.6. The van der Waals surface area contributed by atoms with Crippen LogP contribution in [-0.4, -0.2) is 22.7 Å². The number of aliphatic hydroxyl groups is 1. The molecule has 1 rings (SSSR count). The van der Waals surface area contributed by atoms with Crippen LogP contribution in [0.3, 0.4) is 0 Å². The fourth-order valence-corrected chi connectivity index (χ4v) is 1.55. The molecule has 0 spiro atoms. The van der Waals surface area contributed by atoms with Gasteiger partial charge >= 0.3 is 5.97 Å². The Morgan fingerprint density at radius 2 is 2.43 bits per heavy atom. The molecule has 0 aliphatic rings. The van der Waals surface area contributed by atoms with Crippen molar-refractivity contribution < 1.29 is 14.6 Å². The van der Waals surface area contributed by atoms with Crippen molar-refractivity contribution in [2.75, 3.05) is 6.61 Å². The van der Waals surface area contributed by atoms with Crippen molar-refractivity contribution in [2.45, 2.75) is 13.5 Å². The van der Waals surface area contributed by atoms with Gasteiger partial charge in [-0.3, -0.25) is 4.98 Å². The molecular weight excluding hydrogens is 297 g/mol. The van der Waals surface area contributed by atoms with Crippen molar-refractivity contribution in [2.24, 2.45) is 0 Å². The zero-order valence-corrected chi connectivity index (χ0v) is 9.82. The summed E-state index contributed by atoms with van der Waals surface area (Å²) in [6, 6.07) is 1.65. The van der Waals surface area contributed by atoms with Crippen molar-refractivity contribution in [1.29, 1.82) is 0 Å². The van der Waals surface area contributed by atoms with E-state index in [1.165, 1.54) is 6.20 Å². The molecule has 0 radical (unpaired) electrons. The van der Waals surface area contributed by atoms with E-state index >= 15 is 0 Å². The van der Waals surface area contributed by atoms with E-state index in [1.807, 2.05) is 22.6 Å². The molecule has 0 aliphatic carbocycles. The molecule has 0 saturated heterocycles. The van der Waals surface area contributed by atoms with Crippen LogP contribution < -0.4 is 0 Å². The van der Waals surface area contributed by atoms with E-state index in [9.17, 15) is 4.79 Å². The molecule has 0 unspecified atom stereocenters. The molecule has 0 aromatic carbocycles. The molecule has 0 bridgehead atoms. The molecular formula is C9H10INO3. The van der Waals surface area contributed by atoms with Crippen molar-refractivity contribution >= 4 is 28.6 Å². The second-order valence-corrected chi connectivity index (χ2v) is 3.69. The van der Waals surface area contributed by atoms with Gasteiger partial charge in [0, 0.05) is 9.77 Å². The minimum atomic E-state index is -0.387. The lowest BCUT2D eigenvalue weighted by molar-refractivity contribution is 0.0525. The summed E-state index contributed by atoms with van der Waals surface area (Å²) < 4.78 is 5.57. The van der Waals surface area contributed by atoms with Gasteiger partial charge in [0.1, 0.15) is 0 Å². The number of ether oxygens (including phenoxy) is 1. The monoisotopic (exact) mass is 307 g/mol. The maximum absolute atomic E-state index is 11.3. The number of halogens is 1. The number of nitrogens with zero attached hydrogens (tertiary/aromatic N) is 1. The molecule has 4 nitrogen and oxygen atoms in total. The Hall–Kier alpha value is -0.690. The Balaban J connectivity index is 2.91. The van der Waals surface area contributed by atoms with Gasteiger partial charge in [-0.05, 0) is 35.6 Å². The second-order valence-electron chi connectivity index (χ2n) is 2.53. The first-order chi connectivity index (χ1) is 6.69. The van der Waals surface area contributed by atoms with Crippen LogP contribution in [-0.2, 0) is 11.3 Å². The Kier molecular flexibility index (Phi) is 4.27. The Morgan fingerprint density at radius 1 is 1.71 bits per heavy atom. The van der Waals surface area contributed by atoms with Crippen LogP contribution in [0.25, 0.3) is 0 Å². The topological polar surface area (TPSA) is 59.4 Å². The molecule has 5 heteroatoms. The lowest BCUT2D eigenvalue weighted by Gasteiger charge is -2.03. The van der Waals surface area contributed by atoms with E-state index < -0.39 is 0 Å². The third-order valence-corrected chi connectivity index (χ3v) is 2.51. The van der Waals surface area contributed by atoms with Crippen LogP contribution in [0.4, 0.5) is 0 Å². The average Bonchev–Trinajstić information content (AvgIpc) is 2.18. The van der Waals surface area contributed by atoms with E-state index in [-0.39, 0.29) is 12.6 Å². The number of esters is 1. The van der Waals surface area contributed by atoms with Crippen molar-refractivity contribution in [3.63, 3.8) is 0 Å². The highest BCUT2D eigenvalue weighted by atomic mass is 127. The fraction of sp³-hybridized carbons (Fsp3) is 0.333. The van der Waals surface area contributed by atoms with Gasteiger partial charge < -0.3 is 9.84 Å². The molecule has 1 heterocycles. The third-order valence-electron chi connectivity index (χ3n) is 1.58. The summed E-state index contributed by atoms with van der Waals surface area (Å²) in [5.74, 6) is -0.387. The summed E-state index contributed by atoms with van der Waals surface area (Å²) in [5.41, 5.74) is 0.979. The summed E-state index contributed by atoms with van der Waals surface area (Å²) in [6.45, 7) is 1.97. The zero-order valence-electron chi connectivity index (χ0n) is 7.66. The average molecular weight is 307 g/mol. The maximum Gasteiger partial charge on any atom is 0.339 e. The number of hydrogen-bond acceptors (Lipinski definition) is 4. The third kappa shape index (κ3) is 2.65. The number of carbonyl (C=O) groups is 1. The summed E-state index contributed by atoms with van der Waals surface area (Å²) in [7, 11) is 0. The molecule has 1 aromatic rings. The number of rotatable bonds is 3. The first kappa shape index (κ1) is 11.4.